The van der Waals surface area contributed by atoms with E-state index in [1.807, 2.05) is 30.3 Å². The summed E-state index contributed by atoms with van der Waals surface area (Å²) in [6.45, 7) is 4.31. The molecule has 2 heterocycles. The van der Waals surface area contributed by atoms with E-state index in [1.165, 1.54) is 24.9 Å². The number of amides is 2. The number of carbonyl (C=O) groups excluding carboxylic acids is 2. The zero-order chi connectivity index (χ0) is 26.2. The van der Waals surface area contributed by atoms with Crippen LogP contribution in [0, 0.1) is 0 Å². The second-order valence-corrected chi connectivity index (χ2v) is 9.82. The van der Waals surface area contributed by atoms with Gasteiger partial charge in [-0.2, -0.15) is 0 Å². The van der Waals surface area contributed by atoms with Gasteiger partial charge in [-0.05, 0) is 78.4 Å². The Kier molecular flexibility index (Phi) is 8.56. The maximum atomic E-state index is 13.1. The third kappa shape index (κ3) is 6.72. The lowest BCUT2D eigenvalue weighted by Crippen LogP contribution is -2.29. The molecule has 1 saturated heterocycles. The molecule has 5 rings (SSSR count). The third-order valence-electron chi connectivity index (χ3n) is 7.01. The quantitative estimate of drug-likeness (QED) is 0.543. The molecule has 0 radical (unpaired) electrons. The Hall–Kier alpha value is -3.84. The summed E-state index contributed by atoms with van der Waals surface area (Å²) in [6.07, 6.45) is 4.30. The van der Waals surface area contributed by atoms with Crippen LogP contribution < -0.4 is 20.3 Å². The minimum atomic E-state index is -0.132. The van der Waals surface area contributed by atoms with Crippen molar-refractivity contribution in [1.82, 2.24) is 10.6 Å². The van der Waals surface area contributed by atoms with Crippen LogP contribution in [0.4, 0.5) is 5.69 Å². The molecule has 2 amide bonds. The lowest BCUT2D eigenvalue weighted by Gasteiger charge is -2.29. The van der Waals surface area contributed by atoms with Gasteiger partial charge in [0.15, 0.2) is 0 Å². The summed E-state index contributed by atoms with van der Waals surface area (Å²) in [7, 11) is 0. The summed E-state index contributed by atoms with van der Waals surface area (Å²) in [5, 5.41) is 5.95. The molecule has 198 valence electrons. The van der Waals surface area contributed by atoms with Crippen LogP contribution in [0.3, 0.4) is 0 Å². The number of carbonyl (C=O) groups is 2. The molecule has 0 atom stereocenters. The number of nitrogens with one attached hydrogen (secondary N) is 2. The molecule has 1 fully saturated rings. The van der Waals surface area contributed by atoms with E-state index in [9.17, 15) is 9.59 Å². The molecule has 2 bridgehead atoms. The highest BCUT2D eigenvalue weighted by atomic mass is 16.5. The summed E-state index contributed by atoms with van der Waals surface area (Å²) < 4.78 is 11.6. The van der Waals surface area contributed by atoms with E-state index in [0.29, 0.717) is 56.2 Å². The summed E-state index contributed by atoms with van der Waals surface area (Å²) in [6, 6.07) is 21.5. The largest absolute Gasteiger partial charge is 0.491 e. The molecule has 0 unspecified atom stereocenters. The number of piperidine rings is 1. The van der Waals surface area contributed by atoms with Crippen LogP contribution in [0.25, 0.3) is 0 Å². The van der Waals surface area contributed by atoms with Crippen molar-refractivity contribution < 1.29 is 19.1 Å². The van der Waals surface area contributed by atoms with Crippen LogP contribution in [0.2, 0.25) is 0 Å². The molecule has 3 aromatic carbocycles. The Labute approximate surface area is 224 Å². The second kappa shape index (κ2) is 12.6. The highest BCUT2D eigenvalue weighted by molar-refractivity contribution is 5.95. The number of ether oxygens (including phenoxy) is 2. The SMILES string of the molecule is O=C1NCCOCCOc2ccc(C(=O)NCc3cccc(N4CCCCC4)c3)cc2Cc2cccc1c2. The minimum Gasteiger partial charge on any atom is -0.491 e. The summed E-state index contributed by atoms with van der Waals surface area (Å²) in [4.78, 5) is 28.0. The van der Waals surface area contributed by atoms with Gasteiger partial charge < -0.3 is 25.0 Å². The predicted molar refractivity (Wildman–Crippen MR) is 148 cm³/mol. The van der Waals surface area contributed by atoms with E-state index in [-0.39, 0.29) is 11.8 Å². The third-order valence-corrected chi connectivity index (χ3v) is 7.01. The van der Waals surface area contributed by atoms with E-state index in [2.05, 4.69) is 39.8 Å². The van der Waals surface area contributed by atoms with Gasteiger partial charge in [-0.15, -0.1) is 0 Å². The molecule has 0 spiro atoms. The van der Waals surface area contributed by atoms with Crippen LogP contribution in [0.15, 0.2) is 66.7 Å². The molecule has 2 aliphatic rings. The first-order valence-electron chi connectivity index (χ1n) is 13.5. The van der Waals surface area contributed by atoms with Crippen molar-refractivity contribution in [3.05, 3.63) is 94.5 Å². The van der Waals surface area contributed by atoms with Gasteiger partial charge in [0.05, 0.1) is 13.2 Å². The molecule has 0 aliphatic carbocycles. The molecular formula is C31H35N3O4. The molecule has 2 aliphatic heterocycles. The Morgan fingerprint density at radius 3 is 2.68 bits per heavy atom. The molecule has 3 aromatic rings. The van der Waals surface area contributed by atoms with Gasteiger partial charge in [0.25, 0.3) is 11.8 Å². The van der Waals surface area contributed by atoms with Gasteiger partial charge in [-0.1, -0.05) is 24.3 Å². The molecule has 7 nitrogen and oxygen atoms in total. The van der Waals surface area contributed by atoms with Crippen molar-refractivity contribution >= 4 is 17.5 Å². The van der Waals surface area contributed by atoms with Crippen molar-refractivity contribution in [1.29, 1.82) is 0 Å². The van der Waals surface area contributed by atoms with Gasteiger partial charge in [0, 0.05) is 49.4 Å². The lowest BCUT2D eigenvalue weighted by molar-refractivity contribution is 0.0865. The molecule has 0 aromatic heterocycles. The lowest BCUT2D eigenvalue weighted by atomic mass is 9.99. The van der Waals surface area contributed by atoms with E-state index < -0.39 is 0 Å². The van der Waals surface area contributed by atoms with Crippen molar-refractivity contribution in [3.8, 4) is 5.75 Å². The maximum absolute atomic E-state index is 13.1. The number of hydrogen-bond acceptors (Lipinski definition) is 5. The van der Waals surface area contributed by atoms with Crippen molar-refractivity contribution in [2.75, 3.05) is 44.4 Å². The predicted octanol–water partition coefficient (Wildman–Crippen LogP) is 4.34. The first-order chi connectivity index (χ1) is 18.7. The molecular weight excluding hydrogens is 478 g/mol. The van der Waals surface area contributed by atoms with E-state index in [4.69, 9.17) is 9.47 Å². The smallest absolute Gasteiger partial charge is 0.251 e. The van der Waals surface area contributed by atoms with Gasteiger partial charge in [-0.3, -0.25) is 9.59 Å². The Balaban J connectivity index is 1.31. The number of anilines is 1. The summed E-state index contributed by atoms with van der Waals surface area (Å²) in [5.41, 5.74) is 5.34. The van der Waals surface area contributed by atoms with Gasteiger partial charge in [-0.25, -0.2) is 0 Å². The first-order valence-corrected chi connectivity index (χ1v) is 13.5. The summed E-state index contributed by atoms with van der Waals surface area (Å²) >= 11 is 0. The highest BCUT2D eigenvalue weighted by Crippen LogP contribution is 2.25. The molecule has 7 heteroatoms. The van der Waals surface area contributed by atoms with E-state index in [1.54, 1.807) is 12.1 Å². The minimum absolute atomic E-state index is 0.124. The van der Waals surface area contributed by atoms with Crippen LogP contribution in [0.5, 0.6) is 5.75 Å². The average Bonchev–Trinajstić information content (AvgIpc) is 2.96. The van der Waals surface area contributed by atoms with Crippen LogP contribution in [-0.4, -0.2) is 51.3 Å². The number of benzene rings is 3. The normalized spacial score (nSPS) is 16.4. The zero-order valence-electron chi connectivity index (χ0n) is 21.7. The fraction of sp³-hybridized carbons (Fsp3) is 0.355. The standard InChI is InChI=1S/C31H35N3O4/c35-30-25-8-4-6-23(18-25)19-27-21-26(10-11-29(27)38-17-16-37-15-12-32-30)31(36)33-22-24-7-5-9-28(20-24)34-13-2-1-3-14-34/h4-11,18,20-21H,1-3,12-17,19,22H2,(H,32,35)(H,33,36). The van der Waals surface area contributed by atoms with Crippen LogP contribution >= 0.6 is 0 Å². The first kappa shape index (κ1) is 25.8. The number of nitrogens with zero attached hydrogens (tertiary/aromatic N) is 1. The van der Waals surface area contributed by atoms with E-state index in [0.717, 1.165) is 29.8 Å². The van der Waals surface area contributed by atoms with E-state index >= 15 is 0 Å². The van der Waals surface area contributed by atoms with Crippen molar-refractivity contribution in [3.63, 3.8) is 0 Å². The Morgan fingerprint density at radius 2 is 1.79 bits per heavy atom. The summed E-state index contributed by atoms with van der Waals surface area (Å²) in [5.74, 6) is 0.458. The monoisotopic (exact) mass is 513 g/mol. The number of rotatable bonds is 4. The van der Waals surface area contributed by atoms with Crippen LogP contribution in [-0.2, 0) is 17.7 Å². The maximum Gasteiger partial charge on any atom is 0.251 e. The van der Waals surface area contributed by atoms with Gasteiger partial charge >= 0.3 is 0 Å². The Bertz CT molecular complexity index is 1270. The fourth-order valence-electron chi connectivity index (χ4n) is 4.99. The number of hydrogen-bond donors (Lipinski definition) is 2. The Morgan fingerprint density at radius 1 is 0.921 bits per heavy atom. The zero-order valence-corrected chi connectivity index (χ0v) is 21.7. The van der Waals surface area contributed by atoms with Crippen LogP contribution in [0.1, 0.15) is 56.7 Å². The fourth-order valence-corrected chi connectivity index (χ4v) is 4.99. The van der Waals surface area contributed by atoms with Gasteiger partial charge in [0.2, 0.25) is 0 Å². The number of fused-ring (bicyclic) bond motifs is 3. The average molecular weight is 514 g/mol. The molecule has 0 saturated carbocycles. The highest BCUT2D eigenvalue weighted by Gasteiger charge is 2.15. The molecule has 38 heavy (non-hydrogen) atoms. The van der Waals surface area contributed by atoms with Gasteiger partial charge in [0.1, 0.15) is 12.4 Å². The van der Waals surface area contributed by atoms with Crippen molar-refractivity contribution in [2.24, 2.45) is 0 Å². The second-order valence-electron chi connectivity index (χ2n) is 9.82. The topological polar surface area (TPSA) is 79.9 Å². The van der Waals surface area contributed by atoms with Crippen molar-refractivity contribution in [2.45, 2.75) is 32.2 Å². The molecule has 2 N–H and O–H groups in total.